The Morgan fingerprint density at radius 1 is 1.31 bits per heavy atom. The van der Waals surface area contributed by atoms with Gasteiger partial charge in [-0.15, -0.1) is 11.3 Å². The number of hydrogen-bond donors (Lipinski definition) is 1. The normalized spacial score (nSPS) is 14.8. The Morgan fingerprint density at radius 3 is 2.76 bits per heavy atom. The van der Waals surface area contributed by atoms with Gasteiger partial charge in [0.25, 0.3) is 5.91 Å². The van der Waals surface area contributed by atoms with E-state index in [1.807, 2.05) is 5.38 Å². The molecule has 1 amide bonds. The summed E-state index contributed by atoms with van der Waals surface area (Å²) >= 11 is 7.78. The van der Waals surface area contributed by atoms with Crippen molar-refractivity contribution in [3.8, 4) is 11.5 Å². The molecule has 6 nitrogen and oxygen atoms in total. The van der Waals surface area contributed by atoms with Crippen molar-refractivity contribution in [1.29, 1.82) is 0 Å². The number of carbonyl (C=O) groups is 1. The number of hydrogen-bond acceptors (Lipinski definition) is 6. The SMILES string of the molecule is COc1cc(C(=O)Nc2nc(CN3CCCCC3)cs2)cc(Cl)c1OCC(C)C. The van der Waals surface area contributed by atoms with E-state index in [1.54, 1.807) is 12.1 Å². The molecule has 0 unspecified atom stereocenters. The third-order valence-corrected chi connectivity index (χ3v) is 5.75. The average Bonchev–Trinajstić information content (AvgIpc) is 3.13. The van der Waals surface area contributed by atoms with Crippen molar-refractivity contribution < 1.29 is 14.3 Å². The lowest BCUT2D eigenvalue weighted by molar-refractivity contribution is 0.102. The zero-order valence-electron chi connectivity index (χ0n) is 17.2. The summed E-state index contributed by atoms with van der Waals surface area (Å²) in [6.07, 6.45) is 3.79. The largest absolute Gasteiger partial charge is 0.493 e. The summed E-state index contributed by atoms with van der Waals surface area (Å²) in [7, 11) is 1.53. The molecule has 2 aromatic rings. The van der Waals surface area contributed by atoms with Crippen molar-refractivity contribution in [2.24, 2.45) is 5.92 Å². The summed E-state index contributed by atoms with van der Waals surface area (Å²) < 4.78 is 11.1. The number of ether oxygens (including phenoxy) is 2. The lowest BCUT2D eigenvalue weighted by atomic mass is 10.1. The number of halogens is 1. The monoisotopic (exact) mass is 437 g/mol. The van der Waals surface area contributed by atoms with Crippen LogP contribution in [0.4, 0.5) is 5.13 Å². The van der Waals surface area contributed by atoms with Crippen LogP contribution < -0.4 is 14.8 Å². The Morgan fingerprint density at radius 2 is 2.07 bits per heavy atom. The number of methoxy groups -OCH3 is 1. The van der Waals surface area contributed by atoms with E-state index in [4.69, 9.17) is 21.1 Å². The summed E-state index contributed by atoms with van der Waals surface area (Å²) in [5, 5.41) is 5.79. The van der Waals surface area contributed by atoms with Crippen LogP contribution >= 0.6 is 22.9 Å². The van der Waals surface area contributed by atoms with Crippen molar-refractivity contribution in [2.45, 2.75) is 39.7 Å². The minimum Gasteiger partial charge on any atom is -0.493 e. The molecule has 1 N–H and O–H groups in total. The summed E-state index contributed by atoms with van der Waals surface area (Å²) in [4.78, 5) is 19.7. The molecule has 1 aliphatic heterocycles. The number of likely N-dealkylation sites (tertiary alicyclic amines) is 1. The molecule has 1 saturated heterocycles. The standard InChI is InChI=1S/C21H28ClN3O3S/c1-14(2)12-28-19-17(22)9-15(10-18(19)27-3)20(26)24-21-23-16(13-29-21)11-25-7-5-4-6-8-25/h9-10,13-14H,4-8,11-12H2,1-3H3,(H,23,24,26). The van der Waals surface area contributed by atoms with Gasteiger partial charge in [-0.25, -0.2) is 4.98 Å². The second kappa shape index (κ2) is 10.3. The minimum absolute atomic E-state index is 0.278. The van der Waals surface area contributed by atoms with Crippen LogP contribution in [0.5, 0.6) is 11.5 Å². The first-order valence-electron chi connectivity index (χ1n) is 9.94. The Balaban J connectivity index is 1.66. The van der Waals surface area contributed by atoms with E-state index < -0.39 is 0 Å². The zero-order valence-corrected chi connectivity index (χ0v) is 18.7. The van der Waals surface area contributed by atoms with Gasteiger partial charge in [0.1, 0.15) is 0 Å². The van der Waals surface area contributed by atoms with Gasteiger partial charge in [-0.05, 0) is 44.0 Å². The highest BCUT2D eigenvalue weighted by Crippen LogP contribution is 2.37. The lowest BCUT2D eigenvalue weighted by Crippen LogP contribution is -2.29. The molecular formula is C21H28ClN3O3S. The molecule has 0 aliphatic carbocycles. The lowest BCUT2D eigenvalue weighted by Gasteiger charge is -2.25. The Hall–Kier alpha value is -1.83. The fraction of sp³-hybridized carbons (Fsp3) is 0.524. The third kappa shape index (κ3) is 6.07. The Labute approximate surface area is 181 Å². The zero-order chi connectivity index (χ0) is 20.8. The topological polar surface area (TPSA) is 63.7 Å². The molecule has 1 aromatic carbocycles. The minimum atomic E-state index is -0.278. The first-order chi connectivity index (χ1) is 14.0. The highest BCUT2D eigenvalue weighted by atomic mass is 35.5. The van der Waals surface area contributed by atoms with Crippen LogP contribution in [0.25, 0.3) is 0 Å². The fourth-order valence-electron chi connectivity index (χ4n) is 3.19. The molecule has 0 saturated carbocycles. The number of rotatable bonds is 8. The van der Waals surface area contributed by atoms with Gasteiger partial charge in [0, 0.05) is 17.5 Å². The van der Waals surface area contributed by atoms with Crippen LogP contribution in [-0.4, -0.2) is 42.6 Å². The van der Waals surface area contributed by atoms with Gasteiger partial charge < -0.3 is 9.47 Å². The van der Waals surface area contributed by atoms with Crippen LogP contribution in [-0.2, 0) is 6.54 Å². The molecule has 158 valence electrons. The second-order valence-corrected chi connectivity index (χ2v) is 8.89. The average molecular weight is 438 g/mol. The van der Waals surface area contributed by atoms with Gasteiger partial charge in [0.15, 0.2) is 16.6 Å². The van der Waals surface area contributed by atoms with Gasteiger partial charge in [0.05, 0.1) is 24.4 Å². The summed E-state index contributed by atoms with van der Waals surface area (Å²) in [6, 6.07) is 3.23. The number of amides is 1. The number of benzene rings is 1. The molecule has 0 atom stereocenters. The Kier molecular flexibility index (Phi) is 7.75. The van der Waals surface area contributed by atoms with Crippen LogP contribution in [0, 0.1) is 5.92 Å². The van der Waals surface area contributed by atoms with Crippen LogP contribution in [0.3, 0.4) is 0 Å². The molecule has 3 rings (SSSR count). The molecule has 0 radical (unpaired) electrons. The molecule has 1 fully saturated rings. The number of carbonyl (C=O) groups excluding carboxylic acids is 1. The molecule has 0 bridgehead atoms. The van der Waals surface area contributed by atoms with E-state index in [0.29, 0.717) is 39.7 Å². The van der Waals surface area contributed by atoms with E-state index in [0.717, 1.165) is 25.3 Å². The third-order valence-electron chi connectivity index (χ3n) is 4.66. The molecule has 0 spiro atoms. The van der Waals surface area contributed by atoms with Crippen molar-refractivity contribution in [1.82, 2.24) is 9.88 Å². The molecule has 1 aliphatic rings. The van der Waals surface area contributed by atoms with Gasteiger partial charge in [0.2, 0.25) is 0 Å². The maximum absolute atomic E-state index is 12.7. The number of piperidine rings is 1. The predicted molar refractivity (Wildman–Crippen MR) is 118 cm³/mol. The maximum Gasteiger partial charge on any atom is 0.257 e. The number of aromatic nitrogens is 1. The molecule has 2 heterocycles. The number of anilines is 1. The number of nitrogens with zero attached hydrogens (tertiary/aromatic N) is 2. The highest BCUT2D eigenvalue weighted by molar-refractivity contribution is 7.14. The Bertz CT molecular complexity index is 835. The van der Waals surface area contributed by atoms with Gasteiger partial charge >= 0.3 is 0 Å². The van der Waals surface area contributed by atoms with Crippen molar-refractivity contribution in [3.05, 3.63) is 33.8 Å². The predicted octanol–water partition coefficient (Wildman–Crippen LogP) is 5.08. The molecule has 1 aromatic heterocycles. The van der Waals surface area contributed by atoms with Crippen molar-refractivity contribution >= 4 is 34.0 Å². The first kappa shape index (κ1) is 21.9. The van der Waals surface area contributed by atoms with E-state index in [2.05, 4.69) is 29.0 Å². The highest BCUT2D eigenvalue weighted by Gasteiger charge is 2.18. The smallest absolute Gasteiger partial charge is 0.257 e. The van der Waals surface area contributed by atoms with Crippen LogP contribution in [0.1, 0.15) is 49.2 Å². The number of nitrogens with one attached hydrogen (secondary N) is 1. The molecular weight excluding hydrogens is 410 g/mol. The van der Waals surface area contributed by atoms with Gasteiger partial charge in [-0.1, -0.05) is 31.9 Å². The van der Waals surface area contributed by atoms with Crippen molar-refractivity contribution in [2.75, 3.05) is 32.1 Å². The molecule has 8 heteroatoms. The van der Waals surface area contributed by atoms with Crippen LogP contribution in [0.15, 0.2) is 17.5 Å². The van der Waals surface area contributed by atoms with E-state index in [1.165, 1.54) is 37.7 Å². The fourth-order valence-corrected chi connectivity index (χ4v) is 4.16. The van der Waals surface area contributed by atoms with Gasteiger partial charge in [-0.2, -0.15) is 0 Å². The quantitative estimate of drug-likeness (QED) is 0.624. The van der Waals surface area contributed by atoms with E-state index >= 15 is 0 Å². The van der Waals surface area contributed by atoms with E-state index in [-0.39, 0.29) is 5.91 Å². The van der Waals surface area contributed by atoms with Crippen LogP contribution in [0.2, 0.25) is 5.02 Å². The second-order valence-electron chi connectivity index (χ2n) is 7.63. The summed E-state index contributed by atoms with van der Waals surface area (Å²) in [6.45, 7) is 7.67. The molecule has 29 heavy (non-hydrogen) atoms. The van der Waals surface area contributed by atoms with Crippen molar-refractivity contribution in [3.63, 3.8) is 0 Å². The summed E-state index contributed by atoms with van der Waals surface area (Å²) in [5.41, 5.74) is 1.39. The maximum atomic E-state index is 12.7. The summed E-state index contributed by atoms with van der Waals surface area (Å²) in [5.74, 6) is 0.966. The van der Waals surface area contributed by atoms with E-state index in [9.17, 15) is 4.79 Å². The van der Waals surface area contributed by atoms with Gasteiger partial charge in [-0.3, -0.25) is 15.0 Å². The number of thiazole rings is 1. The first-order valence-corrected chi connectivity index (χ1v) is 11.2.